The van der Waals surface area contributed by atoms with Crippen molar-refractivity contribution < 1.29 is 9.53 Å². The largest absolute Gasteiger partial charge is 0.383 e. The van der Waals surface area contributed by atoms with Crippen LogP contribution in [-0.2, 0) is 9.53 Å². The van der Waals surface area contributed by atoms with Crippen molar-refractivity contribution in [2.75, 3.05) is 13.7 Å². The molecule has 1 unspecified atom stereocenters. The van der Waals surface area contributed by atoms with E-state index in [4.69, 9.17) is 10.6 Å². The zero-order valence-electron chi connectivity index (χ0n) is 10.8. The molecule has 1 aromatic heterocycles. The second kappa shape index (κ2) is 6.83. The van der Waals surface area contributed by atoms with Crippen molar-refractivity contribution in [2.24, 2.45) is 5.84 Å². The van der Waals surface area contributed by atoms with E-state index in [1.54, 1.807) is 0 Å². The van der Waals surface area contributed by atoms with Gasteiger partial charge in [0.05, 0.1) is 12.6 Å². The molecular weight excluding hydrogens is 268 g/mol. The molecule has 0 saturated heterocycles. The van der Waals surface area contributed by atoms with E-state index in [1.165, 1.54) is 31.7 Å². The van der Waals surface area contributed by atoms with Gasteiger partial charge >= 0.3 is 0 Å². The van der Waals surface area contributed by atoms with E-state index in [1.807, 2.05) is 4.68 Å². The number of carbonyl (C=O) groups is 1. The molecule has 1 heterocycles. The fourth-order valence-corrected chi connectivity index (χ4v) is 3.19. The molecule has 106 valence electrons. The van der Waals surface area contributed by atoms with Crippen molar-refractivity contribution in [1.82, 2.24) is 25.6 Å². The molecule has 0 aromatic carbocycles. The Bertz CT molecular complexity index is 420. The lowest BCUT2D eigenvalue weighted by molar-refractivity contribution is -0.121. The Kier molecular flexibility index (Phi) is 5.11. The Hall–Kier alpha value is -1.19. The third-order valence-corrected chi connectivity index (χ3v) is 4.25. The molecule has 1 fully saturated rings. The van der Waals surface area contributed by atoms with E-state index in [-0.39, 0.29) is 12.5 Å². The number of ether oxygens (including phenoxy) is 1. The Balaban J connectivity index is 2.08. The number of nitrogens with two attached hydrogens (primary N) is 1. The first-order chi connectivity index (χ1) is 9.26. The maximum atomic E-state index is 11.6. The lowest BCUT2D eigenvalue weighted by atomic mass is 10.3. The molecule has 2 rings (SSSR count). The van der Waals surface area contributed by atoms with Crippen molar-refractivity contribution in [1.29, 1.82) is 0 Å². The van der Waals surface area contributed by atoms with E-state index in [9.17, 15) is 4.79 Å². The fraction of sp³-hybridized carbons (Fsp3) is 0.800. The molecule has 19 heavy (non-hydrogen) atoms. The van der Waals surface area contributed by atoms with E-state index >= 15 is 0 Å². The highest BCUT2D eigenvalue weighted by atomic mass is 32.2. The van der Waals surface area contributed by atoms with Gasteiger partial charge in [-0.15, -0.1) is 5.10 Å². The number of nitrogens with one attached hydrogen (secondary N) is 1. The molecule has 1 aliphatic rings. The van der Waals surface area contributed by atoms with Crippen molar-refractivity contribution in [3.8, 4) is 0 Å². The van der Waals surface area contributed by atoms with Crippen LogP contribution in [0.25, 0.3) is 0 Å². The number of carbonyl (C=O) groups excluding carboxylic acids is 1. The molecule has 0 aliphatic heterocycles. The van der Waals surface area contributed by atoms with Gasteiger partial charge in [0.15, 0.2) is 0 Å². The average Bonchev–Trinajstić information content (AvgIpc) is 3.07. The summed E-state index contributed by atoms with van der Waals surface area (Å²) in [7, 11) is 1.54. The summed E-state index contributed by atoms with van der Waals surface area (Å²) < 4.78 is 6.84. The first kappa shape index (κ1) is 14.2. The molecule has 1 saturated carbocycles. The number of rotatable bonds is 6. The highest BCUT2D eigenvalue weighted by Gasteiger charge is 2.26. The van der Waals surface area contributed by atoms with Crippen LogP contribution in [0.1, 0.15) is 31.7 Å². The summed E-state index contributed by atoms with van der Waals surface area (Å²) >= 11 is 1.28. The smallest absolute Gasteiger partial charge is 0.249 e. The first-order valence-electron chi connectivity index (χ1n) is 6.20. The molecule has 9 heteroatoms. The zero-order valence-corrected chi connectivity index (χ0v) is 11.6. The first-order valence-corrected chi connectivity index (χ1v) is 7.08. The Morgan fingerprint density at radius 1 is 1.63 bits per heavy atom. The number of methoxy groups -OCH3 is 1. The summed E-state index contributed by atoms with van der Waals surface area (Å²) in [6, 6.07) is 0.335. The van der Waals surface area contributed by atoms with Gasteiger partial charge in [-0.3, -0.25) is 10.2 Å². The zero-order chi connectivity index (χ0) is 13.7. The SMILES string of the molecule is COCC(Sc1nnnn1C1CCCC1)C(=O)NN. The quantitative estimate of drug-likeness (QED) is 0.325. The lowest BCUT2D eigenvalue weighted by Gasteiger charge is -2.15. The summed E-state index contributed by atoms with van der Waals surface area (Å²) in [4.78, 5) is 11.6. The molecule has 3 N–H and O–H groups in total. The molecule has 1 aromatic rings. The number of thioether (sulfide) groups is 1. The van der Waals surface area contributed by atoms with Crippen molar-refractivity contribution in [3.05, 3.63) is 0 Å². The van der Waals surface area contributed by atoms with Crippen LogP contribution in [0.5, 0.6) is 0 Å². The third kappa shape index (κ3) is 3.43. The van der Waals surface area contributed by atoms with E-state index < -0.39 is 5.25 Å². The topological polar surface area (TPSA) is 108 Å². The molecule has 0 radical (unpaired) electrons. The number of hydrogen-bond donors (Lipinski definition) is 2. The van der Waals surface area contributed by atoms with Gasteiger partial charge in [-0.2, -0.15) is 0 Å². The van der Waals surface area contributed by atoms with Gasteiger partial charge in [0.25, 0.3) is 0 Å². The van der Waals surface area contributed by atoms with Crippen molar-refractivity contribution >= 4 is 17.7 Å². The maximum Gasteiger partial charge on any atom is 0.249 e. The standard InChI is InChI=1S/C10H18N6O2S/c1-18-6-8(9(17)12-11)19-10-13-14-15-16(10)7-4-2-3-5-7/h7-8H,2-6,11H2,1H3,(H,12,17). The average molecular weight is 286 g/mol. The van der Waals surface area contributed by atoms with Crippen molar-refractivity contribution in [2.45, 2.75) is 42.1 Å². The van der Waals surface area contributed by atoms with Gasteiger partial charge in [0.1, 0.15) is 5.25 Å². The van der Waals surface area contributed by atoms with E-state index in [0.717, 1.165) is 12.8 Å². The monoisotopic (exact) mass is 286 g/mol. The second-order valence-electron chi connectivity index (χ2n) is 4.41. The van der Waals surface area contributed by atoms with Gasteiger partial charge in [-0.25, -0.2) is 10.5 Å². The van der Waals surface area contributed by atoms with Crippen LogP contribution in [0, 0.1) is 0 Å². The number of amides is 1. The van der Waals surface area contributed by atoms with Gasteiger partial charge in [-0.05, 0) is 23.3 Å². The van der Waals surface area contributed by atoms with Crippen LogP contribution < -0.4 is 11.3 Å². The molecule has 1 amide bonds. The minimum absolute atomic E-state index is 0.255. The molecule has 8 nitrogen and oxygen atoms in total. The number of nitrogens with zero attached hydrogens (tertiary/aromatic N) is 4. The van der Waals surface area contributed by atoms with Gasteiger partial charge in [-0.1, -0.05) is 24.6 Å². The molecule has 1 atom stereocenters. The number of hydrogen-bond acceptors (Lipinski definition) is 7. The molecular formula is C10H18N6O2S. The fourth-order valence-electron chi connectivity index (χ4n) is 2.18. The predicted octanol–water partition coefficient (Wildman–Crippen LogP) is -0.115. The Morgan fingerprint density at radius 2 is 2.37 bits per heavy atom. The van der Waals surface area contributed by atoms with Gasteiger partial charge in [0, 0.05) is 7.11 Å². The third-order valence-electron chi connectivity index (χ3n) is 3.13. The highest BCUT2D eigenvalue weighted by Crippen LogP contribution is 2.32. The van der Waals surface area contributed by atoms with Crippen LogP contribution in [0.4, 0.5) is 0 Å². The van der Waals surface area contributed by atoms with Crippen LogP contribution >= 0.6 is 11.8 Å². The van der Waals surface area contributed by atoms with Crippen molar-refractivity contribution in [3.63, 3.8) is 0 Å². The number of hydrazine groups is 1. The molecule has 0 spiro atoms. The van der Waals surface area contributed by atoms with Crippen LogP contribution in [0.3, 0.4) is 0 Å². The predicted molar refractivity (Wildman–Crippen MR) is 69.2 cm³/mol. The summed E-state index contributed by atoms with van der Waals surface area (Å²) in [6.45, 7) is 0.255. The molecule has 0 bridgehead atoms. The normalized spacial score (nSPS) is 17.6. The van der Waals surface area contributed by atoms with Gasteiger partial charge < -0.3 is 4.74 Å². The lowest BCUT2D eigenvalue weighted by Crippen LogP contribution is -2.39. The van der Waals surface area contributed by atoms with Crippen LogP contribution in [0.2, 0.25) is 0 Å². The number of tetrazole rings is 1. The molecule has 1 aliphatic carbocycles. The van der Waals surface area contributed by atoms with Crippen LogP contribution in [-0.4, -0.2) is 45.1 Å². The summed E-state index contributed by atoms with van der Waals surface area (Å²) in [5.41, 5.74) is 2.13. The van der Waals surface area contributed by atoms with Gasteiger partial charge in [0.2, 0.25) is 11.1 Å². The summed E-state index contributed by atoms with van der Waals surface area (Å²) in [5, 5.41) is 11.9. The van der Waals surface area contributed by atoms with Crippen LogP contribution in [0.15, 0.2) is 5.16 Å². The van der Waals surface area contributed by atoms with E-state index in [0.29, 0.717) is 11.2 Å². The Morgan fingerprint density at radius 3 is 3.00 bits per heavy atom. The van der Waals surface area contributed by atoms with E-state index in [2.05, 4.69) is 21.0 Å². The highest BCUT2D eigenvalue weighted by molar-refractivity contribution is 8.00. The maximum absolute atomic E-state index is 11.6. The summed E-state index contributed by atoms with van der Waals surface area (Å²) in [5.74, 6) is 4.87. The minimum Gasteiger partial charge on any atom is -0.383 e. The second-order valence-corrected chi connectivity index (χ2v) is 5.58. The summed E-state index contributed by atoms with van der Waals surface area (Å²) in [6.07, 6.45) is 4.55. The Labute approximate surface area is 115 Å². The number of aromatic nitrogens is 4. The minimum atomic E-state index is -0.457.